The lowest BCUT2D eigenvalue weighted by Crippen LogP contribution is -2.61. The van der Waals surface area contributed by atoms with Crippen molar-refractivity contribution in [3.05, 3.63) is 29.6 Å². The number of hydrogen-bond acceptors (Lipinski definition) is 4. The van der Waals surface area contributed by atoms with Crippen LogP contribution in [-0.4, -0.2) is 45.6 Å². The summed E-state index contributed by atoms with van der Waals surface area (Å²) in [5.41, 5.74) is 2.14. The van der Waals surface area contributed by atoms with Gasteiger partial charge in [-0.2, -0.15) is 0 Å². The maximum absolute atomic E-state index is 6.13. The van der Waals surface area contributed by atoms with E-state index in [-0.39, 0.29) is 0 Å². The molecule has 22 heavy (non-hydrogen) atoms. The largest absolute Gasteiger partial charge is 0.371 e. The van der Waals surface area contributed by atoms with Gasteiger partial charge in [0.1, 0.15) is 0 Å². The first-order chi connectivity index (χ1) is 10.7. The molecular weight excluding hydrogens is 292 g/mol. The first kappa shape index (κ1) is 15.0. The van der Waals surface area contributed by atoms with Crippen molar-refractivity contribution in [3.8, 4) is 0 Å². The summed E-state index contributed by atoms with van der Waals surface area (Å²) >= 11 is 2.15. The molecule has 1 aromatic heterocycles. The number of likely N-dealkylation sites (tertiary alicyclic amines) is 1. The Morgan fingerprint density at radius 1 is 1.32 bits per heavy atom. The van der Waals surface area contributed by atoms with E-state index >= 15 is 0 Å². The number of rotatable bonds is 4. The second kappa shape index (κ2) is 6.14. The van der Waals surface area contributed by atoms with Gasteiger partial charge in [0, 0.05) is 35.3 Å². The number of ether oxygens (including phenoxy) is 1. The van der Waals surface area contributed by atoms with Crippen LogP contribution in [0.5, 0.6) is 0 Å². The van der Waals surface area contributed by atoms with Crippen LogP contribution in [0.4, 0.5) is 0 Å². The summed E-state index contributed by atoms with van der Waals surface area (Å²) < 4.78 is 6.64. The van der Waals surface area contributed by atoms with Gasteiger partial charge >= 0.3 is 0 Å². The van der Waals surface area contributed by atoms with Gasteiger partial charge in [-0.15, -0.1) is 11.8 Å². The molecule has 120 valence electrons. The van der Waals surface area contributed by atoms with Crippen LogP contribution >= 0.6 is 11.8 Å². The SMILES string of the molecule is Cc1cccc(CO[C@@H]2CSC3(C2)CN(C2CCCC2)C3)n1. The van der Waals surface area contributed by atoms with Crippen molar-refractivity contribution in [2.75, 3.05) is 18.8 Å². The van der Waals surface area contributed by atoms with Crippen molar-refractivity contribution >= 4 is 11.8 Å². The van der Waals surface area contributed by atoms with Crippen LogP contribution in [0.15, 0.2) is 18.2 Å². The lowest BCUT2D eigenvalue weighted by molar-refractivity contribution is 0.0157. The average molecular weight is 318 g/mol. The van der Waals surface area contributed by atoms with E-state index in [9.17, 15) is 0 Å². The fraction of sp³-hybridized carbons (Fsp3) is 0.722. The first-order valence-electron chi connectivity index (χ1n) is 8.65. The summed E-state index contributed by atoms with van der Waals surface area (Å²) in [4.78, 5) is 7.26. The van der Waals surface area contributed by atoms with Crippen LogP contribution in [0, 0.1) is 6.92 Å². The average Bonchev–Trinajstić information content (AvgIpc) is 3.13. The molecule has 1 saturated carbocycles. The Morgan fingerprint density at radius 2 is 2.14 bits per heavy atom. The quantitative estimate of drug-likeness (QED) is 0.849. The van der Waals surface area contributed by atoms with Crippen molar-refractivity contribution in [1.29, 1.82) is 0 Å². The monoisotopic (exact) mass is 318 g/mol. The van der Waals surface area contributed by atoms with Crippen molar-refractivity contribution in [1.82, 2.24) is 9.88 Å². The van der Waals surface area contributed by atoms with Gasteiger partial charge in [0.15, 0.2) is 0 Å². The van der Waals surface area contributed by atoms with Crippen LogP contribution < -0.4 is 0 Å². The molecular formula is C18H26N2OS. The van der Waals surface area contributed by atoms with E-state index in [2.05, 4.69) is 33.8 Å². The smallest absolute Gasteiger partial charge is 0.0892 e. The van der Waals surface area contributed by atoms with Crippen LogP contribution in [0.25, 0.3) is 0 Å². The van der Waals surface area contributed by atoms with E-state index in [1.54, 1.807) is 0 Å². The predicted octanol–water partition coefficient (Wildman–Crippen LogP) is 3.41. The zero-order chi connectivity index (χ0) is 15.0. The third-order valence-electron chi connectivity index (χ3n) is 5.41. The highest BCUT2D eigenvalue weighted by atomic mass is 32.2. The molecule has 0 unspecified atom stereocenters. The van der Waals surface area contributed by atoms with E-state index in [0.29, 0.717) is 17.5 Å². The molecule has 1 atom stereocenters. The molecule has 3 heterocycles. The van der Waals surface area contributed by atoms with E-state index in [4.69, 9.17) is 4.74 Å². The minimum atomic E-state index is 0.415. The number of nitrogens with zero attached hydrogens (tertiary/aromatic N) is 2. The zero-order valence-corrected chi connectivity index (χ0v) is 14.3. The highest BCUT2D eigenvalue weighted by Crippen LogP contribution is 2.48. The van der Waals surface area contributed by atoms with Crippen molar-refractivity contribution < 1.29 is 4.74 Å². The Kier molecular flexibility index (Phi) is 4.18. The van der Waals surface area contributed by atoms with E-state index in [1.165, 1.54) is 45.2 Å². The van der Waals surface area contributed by atoms with Gasteiger partial charge in [0.05, 0.1) is 18.4 Å². The number of pyridine rings is 1. The summed E-state index contributed by atoms with van der Waals surface area (Å²) in [6.07, 6.45) is 7.39. The fourth-order valence-corrected chi connectivity index (χ4v) is 5.81. The second-order valence-corrected chi connectivity index (χ2v) is 8.73. The highest BCUT2D eigenvalue weighted by Gasteiger charge is 2.51. The molecule has 2 saturated heterocycles. The minimum Gasteiger partial charge on any atom is -0.371 e. The summed E-state index contributed by atoms with van der Waals surface area (Å²) in [5.74, 6) is 1.16. The van der Waals surface area contributed by atoms with Crippen molar-refractivity contribution in [2.24, 2.45) is 0 Å². The van der Waals surface area contributed by atoms with Crippen LogP contribution in [0.1, 0.15) is 43.5 Å². The maximum Gasteiger partial charge on any atom is 0.0892 e. The maximum atomic E-state index is 6.13. The Labute approximate surface area is 137 Å². The van der Waals surface area contributed by atoms with Crippen LogP contribution in [0.3, 0.4) is 0 Å². The van der Waals surface area contributed by atoms with Crippen molar-refractivity contribution in [2.45, 2.75) is 62.5 Å². The Morgan fingerprint density at radius 3 is 2.91 bits per heavy atom. The molecule has 3 fully saturated rings. The standard InChI is InChI=1S/C18H26N2OS/c1-14-5-4-6-15(19-14)10-21-17-9-18(22-11-17)12-20(13-18)16-7-2-3-8-16/h4-6,16-17H,2-3,7-13H2,1H3/t17-/m0/s1. The summed E-state index contributed by atoms with van der Waals surface area (Å²) in [6.45, 7) is 5.29. The molecule has 1 aliphatic carbocycles. The Balaban J connectivity index is 1.25. The molecule has 4 rings (SSSR count). The van der Waals surface area contributed by atoms with Gasteiger partial charge in [0.25, 0.3) is 0 Å². The molecule has 0 radical (unpaired) electrons. The van der Waals surface area contributed by atoms with E-state index < -0.39 is 0 Å². The van der Waals surface area contributed by atoms with Gasteiger partial charge in [-0.05, 0) is 38.3 Å². The molecule has 3 aliphatic rings. The van der Waals surface area contributed by atoms with Gasteiger partial charge in [-0.1, -0.05) is 18.9 Å². The lowest BCUT2D eigenvalue weighted by Gasteiger charge is -2.50. The fourth-order valence-electron chi connectivity index (χ4n) is 4.23. The van der Waals surface area contributed by atoms with E-state index in [1.807, 2.05) is 13.0 Å². The molecule has 0 amide bonds. The molecule has 4 heteroatoms. The van der Waals surface area contributed by atoms with Gasteiger partial charge in [-0.3, -0.25) is 9.88 Å². The topological polar surface area (TPSA) is 25.4 Å². The lowest BCUT2D eigenvalue weighted by atomic mass is 9.91. The Hall–Kier alpha value is -0.580. The molecule has 1 aromatic rings. The number of aromatic nitrogens is 1. The second-order valence-electron chi connectivity index (χ2n) is 7.24. The number of hydrogen-bond donors (Lipinski definition) is 0. The molecule has 2 aliphatic heterocycles. The number of aryl methyl sites for hydroxylation is 1. The van der Waals surface area contributed by atoms with Gasteiger partial charge in [0.2, 0.25) is 0 Å². The third-order valence-corrected chi connectivity index (χ3v) is 6.99. The highest BCUT2D eigenvalue weighted by molar-refractivity contribution is 8.01. The summed E-state index contributed by atoms with van der Waals surface area (Å²) in [5, 5.41) is 0. The zero-order valence-electron chi connectivity index (χ0n) is 13.5. The normalized spacial score (nSPS) is 28.3. The van der Waals surface area contributed by atoms with Crippen LogP contribution in [0.2, 0.25) is 0 Å². The summed E-state index contributed by atoms with van der Waals surface area (Å²) in [7, 11) is 0. The molecule has 0 bridgehead atoms. The predicted molar refractivity (Wildman–Crippen MR) is 91.2 cm³/mol. The van der Waals surface area contributed by atoms with Crippen LogP contribution in [-0.2, 0) is 11.3 Å². The molecule has 1 spiro atoms. The van der Waals surface area contributed by atoms with Crippen molar-refractivity contribution in [3.63, 3.8) is 0 Å². The third kappa shape index (κ3) is 3.06. The summed E-state index contributed by atoms with van der Waals surface area (Å²) in [6, 6.07) is 7.06. The van der Waals surface area contributed by atoms with E-state index in [0.717, 1.165) is 23.2 Å². The molecule has 0 aromatic carbocycles. The van der Waals surface area contributed by atoms with Gasteiger partial charge in [-0.25, -0.2) is 0 Å². The van der Waals surface area contributed by atoms with Gasteiger partial charge < -0.3 is 4.74 Å². The molecule has 0 N–H and O–H groups in total. The molecule has 3 nitrogen and oxygen atoms in total. The first-order valence-corrected chi connectivity index (χ1v) is 9.63. The Bertz CT molecular complexity index is 524. The minimum absolute atomic E-state index is 0.415. The number of thioether (sulfide) groups is 1.